The van der Waals surface area contributed by atoms with Gasteiger partial charge in [0.15, 0.2) is 9.84 Å². The topological polar surface area (TPSA) is 40.6 Å². The van der Waals surface area contributed by atoms with Crippen LogP contribution in [-0.4, -0.2) is 57.7 Å². The minimum absolute atomic E-state index is 0.365. The van der Waals surface area contributed by atoms with Gasteiger partial charge in [0, 0.05) is 39.0 Å². The van der Waals surface area contributed by atoms with Gasteiger partial charge in [-0.1, -0.05) is 30.3 Å². The number of likely N-dealkylation sites (N-methyl/N-ethyl adjacent to an activating group) is 1. The molecule has 0 amide bonds. The molecule has 2 aromatic rings. The summed E-state index contributed by atoms with van der Waals surface area (Å²) in [4.78, 5) is 5.18. The molecule has 24 heavy (non-hydrogen) atoms. The van der Waals surface area contributed by atoms with Gasteiger partial charge in [-0.05, 0) is 41.9 Å². The standard InChI is InChI=1S/C19H24N2O2S/c1-20-9-11-21(12-10-20)15-16-5-3-6-17(13-16)18-7-4-8-19(14-18)24(2,22)23/h3-8,13-14H,9-12,15H2,1-2H3. The fraction of sp³-hybridized carbons (Fsp3) is 0.368. The summed E-state index contributed by atoms with van der Waals surface area (Å²) in [7, 11) is -1.02. The Bertz CT molecular complexity index is 810. The van der Waals surface area contributed by atoms with E-state index in [1.807, 2.05) is 18.2 Å². The number of hydrogen-bond donors (Lipinski definition) is 0. The van der Waals surface area contributed by atoms with Gasteiger partial charge in [0.05, 0.1) is 4.90 Å². The lowest BCUT2D eigenvalue weighted by molar-refractivity contribution is 0.148. The first-order chi connectivity index (χ1) is 11.4. The Kier molecular flexibility index (Phi) is 5.04. The van der Waals surface area contributed by atoms with Crippen molar-refractivity contribution in [1.29, 1.82) is 0 Å². The van der Waals surface area contributed by atoms with Crippen LogP contribution in [0.2, 0.25) is 0 Å². The molecule has 3 rings (SSSR count). The van der Waals surface area contributed by atoms with Gasteiger partial charge in [0.2, 0.25) is 0 Å². The first kappa shape index (κ1) is 17.1. The summed E-state index contributed by atoms with van der Waals surface area (Å²) >= 11 is 0. The van der Waals surface area contributed by atoms with Crippen molar-refractivity contribution in [2.75, 3.05) is 39.5 Å². The van der Waals surface area contributed by atoms with E-state index in [4.69, 9.17) is 0 Å². The summed E-state index contributed by atoms with van der Waals surface area (Å²) in [6.45, 7) is 5.33. The highest BCUT2D eigenvalue weighted by molar-refractivity contribution is 7.90. The molecule has 1 heterocycles. The predicted octanol–water partition coefficient (Wildman–Crippen LogP) is 2.50. The van der Waals surface area contributed by atoms with Gasteiger partial charge >= 0.3 is 0 Å². The van der Waals surface area contributed by atoms with Crippen LogP contribution in [0.25, 0.3) is 11.1 Å². The lowest BCUT2D eigenvalue weighted by Gasteiger charge is -2.32. The third kappa shape index (κ3) is 4.23. The van der Waals surface area contributed by atoms with Gasteiger partial charge in [-0.15, -0.1) is 0 Å². The van der Waals surface area contributed by atoms with Gasteiger partial charge in [-0.25, -0.2) is 8.42 Å². The lowest BCUT2D eigenvalue weighted by Crippen LogP contribution is -2.43. The highest BCUT2D eigenvalue weighted by Gasteiger charge is 2.14. The zero-order valence-corrected chi connectivity index (χ0v) is 15.1. The second-order valence-electron chi connectivity index (χ2n) is 6.58. The lowest BCUT2D eigenvalue weighted by atomic mass is 10.0. The maximum atomic E-state index is 11.8. The van der Waals surface area contributed by atoms with Crippen LogP contribution in [0.4, 0.5) is 0 Å². The van der Waals surface area contributed by atoms with Crippen molar-refractivity contribution in [3.8, 4) is 11.1 Å². The van der Waals surface area contributed by atoms with E-state index in [1.54, 1.807) is 18.2 Å². The van der Waals surface area contributed by atoms with Crippen LogP contribution in [0.3, 0.4) is 0 Å². The number of sulfone groups is 1. The van der Waals surface area contributed by atoms with E-state index in [2.05, 4.69) is 29.0 Å². The fourth-order valence-corrected chi connectivity index (χ4v) is 3.69. The molecule has 0 spiro atoms. The van der Waals surface area contributed by atoms with E-state index in [0.29, 0.717) is 4.90 Å². The zero-order valence-electron chi connectivity index (χ0n) is 14.3. The fourth-order valence-electron chi connectivity index (χ4n) is 3.02. The van der Waals surface area contributed by atoms with Crippen molar-refractivity contribution in [3.05, 3.63) is 54.1 Å². The highest BCUT2D eigenvalue weighted by atomic mass is 32.2. The van der Waals surface area contributed by atoms with Gasteiger partial charge in [-0.2, -0.15) is 0 Å². The summed E-state index contributed by atoms with van der Waals surface area (Å²) in [6.07, 6.45) is 1.25. The monoisotopic (exact) mass is 344 g/mol. The van der Waals surface area contributed by atoms with Crippen LogP contribution in [0.15, 0.2) is 53.4 Å². The Hall–Kier alpha value is -1.69. The van der Waals surface area contributed by atoms with Crippen LogP contribution >= 0.6 is 0 Å². The third-order valence-electron chi connectivity index (χ3n) is 4.52. The van der Waals surface area contributed by atoms with Crippen LogP contribution in [0.5, 0.6) is 0 Å². The first-order valence-electron chi connectivity index (χ1n) is 8.22. The van der Waals surface area contributed by atoms with E-state index >= 15 is 0 Å². The van der Waals surface area contributed by atoms with Crippen LogP contribution < -0.4 is 0 Å². The molecule has 0 aliphatic carbocycles. The summed E-state index contributed by atoms with van der Waals surface area (Å²) < 4.78 is 23.5. The second-order valence-corrected chi connectivity index (χ2v) is 8.60. The molecular weight excluding hydrogens is 320 g/mol. The Balaban J connectivity index is 1.80. The van der Waals surface area contributed by atoms with Crippen molar-refractivity contribution >= 4 is 9.84 Å². The minimum Gasteiger partial charge on any atom is -0.304 e. The molecule has 4 nitrogen and oxygen atoms in total. The van der Waals surface area contributed by atoms with Crippen LogP contribution in [0, 0.1) is 0 Å². The van der Waals surface area contributed by atoms with Crippen molar-refractivity contribution in [2.24, 2.45) is 0 Å². The van der Waals surface area contributed by atoms with E-state index in [0.717, 1.165) is 43.9 Å². The molecule has 0 bridgehead atoms. The second kappa shape index (κ2) is 7.05. The molecule has 0 atom stereocenters. The van der Waals surface area contributed by atoms with Gasteiger partial charge in [0.25, 0.3) is 0 Å². The molecule has 0 radical (unpaired) electrons. The summed E-state index contributed by atoms with van der Waals surface area (Å²) in [6, 6.07) is 15.6. The van der Waals surface area contributed by atoms with Gasteiger partial charge in [0.1, 0.15) is 0 Å². The maximum Gasteiger partial charge on any atom is 0.175 e. The van der Waals surface area contributed by atoms with Crippen molar-refractivity contribution in [2.45, 2.75) is 11.4 Å². The number of piperazine rings is 1. The SMILES string of the molecule is CN1CCN(Cc2cccc(-c3cccc(S(C)(=O)=O)c3)c2)CC1. The molecule has 2 aromatic carbocycles. The molecule has 1 fully saturated rings. The molecule has 1 aliphatic rings. The van der Waals surface area contributed by atoms with Crippen molar-refractivity contribution < 1.29 is 8.42 Å². The van der Waals surface area contributed by atoms with E-state index < -0.39 is 9.84 Å². The molecular formula is C19H24N2O2S. The molecule has 5 heteroatoms. The summed E-state index contributed by atoms with van der Waals surface area (Å²) in [5.41, 5.74) is 3.27. The Morgan fingerprint density at radius 3 is 2.21 bits per heavy atom. The average Bonchev–Trinajstić information content (AvgIpc) is 2.57. The number of hydrogen-bond acceptors (Lipinski definition) is 4. The van der Waals surface area contributed by atoms with E-state index in [9.17, 15) is 8.42 Å². The maximum absolute atomic E-state index is 11.8. The molecule has 0 aromatic heterocycles. The van der Waals surface area contributed by atoms with Gasteiger partial charge in [-0.3, -0.25) is 4.90 Å². The normalized spacial score (nSPS) is 17.1. The molecule has 1 aliphatic heterocycles. The van der Waals surface area contributed by atoms with Crippen molar-refractivity contribution in [3.63, 3.8) is 0 Å². The van der Waals surface area contributed by atoms with E-state index in [-0.39, 0.29) is 0 Å². The molecule has 0 saturated carbocycles. The highest BCUT2D eigenvalue weighted by Crippen LogP contribution is 2.24. The Morgan fingerprint density at radius 1 is 0.917 bits per heavy atom. The quantitative estimate of drug-likeness (QED) is 0.854. The molecule has 0 unspecified atom stereocenters. The average molecular weight is 344 g/mol. The van der Waals surface area contributed by atoms with Crippen LogP contribution in [-0.2, 0) is 16.4 Å². The first-order valence-corrected chi connectivity index (χ1v) is 10.1. The third-order valence-corrected chi connectivity index (χ3v) is 5.63. The molecule has 0 N–H and O–H groups in total. The molecule has 128 valence electrons. The number of nitrogens with zero attached hydrogens (tertiary/aromatic N) is 2. The Labute approximate surface area is 144 Å². The van der Waals surface area contributed by atoms with Crippen LogP contribution in [0.1, 0.15) is 5.56 Å². The smallest absolute Gasteiger partial charge is 0.175 e. The van der Waals surface area contributed by atoms with E-state index in [1.165, 1.54) is 11.8 Å². The zero-order chi connectivity index (χ0) is 17.2. The minimum atomic E-state index is -3.18. The molecule has 1 saturated heterocycles. The summed E-state index contributed by atoms with van der Waals surface area (Å²) in [5.74, 6) is 0. The number of benzene rings is 2. The number of rotatable bonds is 4. The van der Waals surface area contributed by atoms with Crippen molar-refractivity contribution in [1.82, 2.24) is 9.80 Å². The van der Waals surface area contributed by atoms with Gasteiger partial charge < -0.3 is 4.90 Å². The predicted molar refractivity (Wildman–Crippen MR) is 97.8 cm³/mol. The Morgan fingerprint density at radius 2 is 1.54 bits per heavy atom. The largest absolute Gasteiger partial charge is 0.304 e. The summed E-state index contributed by atoms with van der Waals surface area (Å²) in [5, 5.41) is 0.